The quantitative estimate of drug-likeness (QED) is 0.667. The van der Waals surface area contributed by atoms with Gasteiger partial charge in [-0.3, -0.25) is 0 Å². The lowest BCUT2D eigenvalue weighted by Crippen LogP contribution is -2.33. The molecular formula is C10H21NO2S. The van der Waals surface area contributed by atoms with Crippen molar-refractivity contribution < 1.29 is 9.84 Å². The van der Waals surface area contributed by atoms with Gasteiger partial charge >= 0.3 is 0 Å². The lowest BCUT2D eigenvalue weighted by Gasteiger charge is -2.13. The van der Waals surface area contributed by atoms with Crippen LogP contribution in [0.15, 0.2) is 0 Å². The highest BCUT2D eigenvalue weighted by molar-refractivity contribution is 8.00. The number of nitrogens with one attached hydrogen (secondary N) is 1. The maximum absolute atomic E-state index is 9.46. The molecule has 0 radical (unpaired) electrons. The van der Waals surface area contributed by atoms with Gasteiger partial charge in [0.05, 0.1) is 12.7 Å². The molecule has 1 aliphatic heterocycles. The molecule has 1 aliphatic rings. The van der Waals surface area contributed by atoms with E-state index in [0.717, 1.165) is 11.8 Å². The molecule has 0 spiro atoms. The maximum Gasteiger partial charge on any atom is 0.0897 e. The number of hydrogen-bond acceptors (Lipinski definition) is 4. The lowest BCUT2D eigenvalue weighted by molar-refractivity contribution is 0.0430. The van der Waals surface area contributed by atoms with E-state index in [1.807, 2.05) is 18.7 Å². The molecule has 1 heterocycles. The number of aliphatic hydroxyl groups excluding tert-OH is 1. The highest BCUT2D eigenvalue weighted by Gasteiger charge is 2.15. The Balaban J connectivity index is 1.91. The van der Waals surface area contributed by atoms with Crippen molar-refractivity contribution in [3.05, 3.63) is 0 Å². The number of ether oxygens (including phenoxy) is 1. The lowest BCUT2D eigenvalue weighted by atomic mass is 10.2. The van der Waals surface area contributed by atoms with Crippen LogP contribution in [-0.2, 0) is 4.74 Å². The minimum absolute atomic E-state index is 0.360. The second kappa shape index (κ2) is 7.51. The molecule has 0 bridgehead atoms. The fourth-order valence-corrected chi connectivity index (χ4v) is 2.76. The van der Waals surface area contributed by atoms with Gasteiger partial charge in [0, 0.05) is 24.9 Å². The van der Waals surface area contributed by atoms with E-state index in [2.05, 4.69) is 5.32 Å². The Bertz CT molecular complexity index is 140. The average Bonchev–Trinajstić information content (AvgIpc) is 2.67. The van der Waals surface area contributed by atoms with Gasteiger partial charge in [-0.1, -0.05) is 0 Å². The molecule has 0 aliphatic carbocycles. The molecule has 3 nitrogen and oxygen atoms in total. The summed E-state index contributed by atoms with van der Waals surface area (Å²) in [4.78, 5) is 0. The summed E-state index contributed by atoms with van der Waals surface area (Å²) in [6.45, 7) is 4.73. The molecule has 1 fully saturated rings. The zero-order valence-electron chi connectivity index (χ0n) is 8.87. The molecule has 14 heavy (non-hydrogen) atoms. The highest BCUT2D eigenvalue weighted by Crippen LogP contribution is 2.25. The van der Waals surface area contributed by atoms with Crippen LogP contribution in [0.1, 0.15) is 19.8 Å². The van der Waals surface area contributed by atoms with Crippen LogP contribution in [-0.4, -0.2) is 48.5 Å². The van der Waals surface area contributed by atoms with E-state index < -0.39 is 0 Å². The molecule has 1 rings (SSSR count). The summed E-state index contributed by atoms with van der Waals surface area (Å²) < 4.78 is 5.12. The molecule has 1 saturated heterocycles. The van der Waals surface area contributed by atoms with E-state index in [0.29, 0.717) is 19.8 Å². The number of thioether (sulfide) groups is 1. The van der Waals surface area contributed by atoms with Gasteiger partial charge in [0.15, 0.2) is 0 Å². The Morgan fingerprint density at radius 2 is 2.50 bits per heavy atom. The normalized spacial score (nSPS) is 24.0. The second-order valence-corrected chi connectivity index (χ2v) is 5.01. The largest absolute Gasteiger partial charge is 0.389 e. The number of rotatable bonds is 7. The standard InChI is InChI=1S/C10H21NO2S/c1-2-13-8-9(12)6-11-7-10-4-3-5-14-10/h9-12H,2-8H2,1H3. The first-order chi connectivity index (χ1) is 6.83. The average molecular weight is 219 g/mol. The van der Waals surface area contributed by atoms with Crippen LogP contribution in [0.3, 0.4) is 0 Å². The van der Waals surface area contributed by atoms with Crippen LogP contribution in [0.25, 0.3) is 0 Å². The molecule has 2 atom stereocenters. The summed E-state index contributed by atoms with van der Waals surface area (Å²) in [6.07, 6.45) is 2.30. The monoisotopic (exact) mass is 219 g/mol. The third kappa shape index (κ3) is 5.20. The van der Waals surface area contributed by atoms with Gasteiger partial charge in [0.1, 0.15) is 0 Å². The summed E-state index contributed by atoms with van der Waals surface area (Å²) in [6, 6.07) is 0. The summed E-state index contributed by atoms with van der Waals surface area (Å²) in [5, 5.41) is 13.5. The fourth-order valence-electron chi connectivity index (χ4n) is 1.53. The van der Waals surface area contributed by atoms with Crippen LogP contribution in [0.2, 0.25) is 0 Å². The zero-order valence-corrected chi connectivity index (χ0v) is 9.68. The first-order valence-corrected chi connectivity index (χ1v) is 6.46. The predicted molar refractivity (Wildman–Crippen MR) is 60.8 cm³/mol. The molecule has 2 N–H and O–H groups in total. The van der Waals surface area contributed by atoms with Crippen molar-refractivity contribution in [2.45, 2.75) is 31.1 Å². The molecule has 0 saturated carbocycles. The Morgan fingerprint density at radius 1 is 1.64 bits per heavy atom. The topological polar surface area (TPSA) is 41.5 Å². The zero-order chi connectivity index (χ0) is 10.2. The fraction of sp³-hybridized carbons (Fsp3) is 1.00. The second-order valence-electron chi connectivity index (χ2n) is 3.61. The van der Waals surface area contributed by atoms with Gasteiger partial charge in [0.25, 0.3) is 0 Å². The van der Waals surface area contributed by atoms with E-state index in [1.165, 1.54) is 18.6 Å². The third-order valence-corrected chi connectivity index (χ3v) is 3.69. The van der Waals surface area contributed by atoms with E-state index >= 15 is 0 Å². The minimum atomic E-state index is -0.360. The summed E-state index contributed by atoms with van der Waals surface area (Å²) in [5.41, 5.74) is 0. The number of hydrogen-bond donors (Lipinski definition) is 2. The molecule has 2 unspecified atom stereocenters. The van der Waals surface area contributed by atoms with Gasteiger partial charge in [-0.15, -0.1) is 0 Å². The first-order valence-electron chi connectivity index (χ1n) is 5.41. The van der Waals surface area contributed by atoms with Gasteiger partial charge in [-0.25, -0.2) is 0 Å². The van der Waals surface area contributed by atoms with Crippen molar-refractivity contribution in [1.82, 2.24) is 5.32 Å². The number of aliphatic hydroxyl groups is 1. The molecule has 84 valence electrons. The van der Waals surface area contributed by atoms with Crippen LogP contribution in [0, 0.1) is 0 Å². The van der Waals surface area contributed by atoms with Gasteiger partial charge in [-0.05, 0) is 25.5 Å². The molecule has 4 heteroatoms. The Morgan fingerprint density at radius 3 is 3.14 bits per heavy atom. The first kappa shape index (κ1) is 12.3. The summed E-state index contributed by atoms with van der Waals surface area (Å²) >= 11 is 2.04. The van der Waals surface area contributed by atoms with Crippen LogP contribution < -0.4 is 5.32 Å². The van der Waals surface area contributed by atoms with E-state index in [-0.39, 0.29) is 6.10 Å². The van der Waals surface area contributed by atoms with Gasteiger partial charge in [0.2, 0.25) is 0 Å². The summed E-state index contributed by atoms with van der Waals surface area (Å²) in [7, 11) is 0. The Labute approximate surface area is 90.6 Å². The predicted octanol–water partition coefficient (Wildman–Crippen LogP) is 0.869. The maximum atomic E-state index is 9.46. The van der Waals surface area contributed by atoms with E-state index in [4.69, 9.17) is 4.74 Å². The van der Waals surface area contributed by atoms with Crippen molar-refractivity contribution in [1.29, 1.82) is 0 Å². The molecule has 0 amide bonds. The SMILES string of the molecule is CCOCC(O)CNCC1CCCS1. The molecule has 0 aromatic heterocycles. The van der Waals surface area contributed by atoms with Crippen molar-refractivity contribution in [3.8, 4) is 0 Å². The van der Waals surface area contributed by atoms with Crippen LogP contribution in [0.4, 0.5) is 0 Å². The van der Waals surface area contributed by atoms with Crippen LogP contribution in [0.5, 0.6) is 0 Å². The van der Waals surface area contributed by atoms with Crippen molar-refractivity contribution in [2.24, 2.45) is 0 Å². The molecular weight excluding hydrogens is 198 g/mol. The molecule has 0 aromatic rings. The van der Waals surface area contributed by atoms with E-state index in [1.54, 1.807) is 0 Å². The summed E-state index contributed by atoms with van der Waals surface area (Å²) in [5.74, 6) is 1.30. The van der Waals surface area contributed by atoms with Gasteiger partial charge < -0.3 is 15.2 Å². The van der Waals surface area contributed by atoms with Crippen molar-refractivity contribution in [3.63, 3.8) is 0 Å². The Kier molecular flexibility index (Phi) is 6.60. The molecule has 0 aromatic carbocycles. The Hall–Kier alpha value is 0.230. The van der Waals surface area contributed by atoms with E-state index in [9.17, 15) is 5.11 Å². The third-order valence-electron chi connectivity index (χ3n) is 2.29. The smallest absolute Gasteiger partial charge is 0.0897 e. The minimum Gasteiger partial charge on any atom is -0.389 e. The van der Waals surface area contributed by atoms with Gasteiger partial charge in [-0.2, -0.15) is 11.8 Å². The highest BCUT2D eigenvalue weighted by atomic mass is 32.2. The van der Waals surface area contributed by atoms with Crippen molar-refractivity contribution in [2.75, 3.05) is 32.1 Å². The van der Waals surface area contributed by atoms with Crippen molar-refractivity contribution >= 4 is 11.8 Å². The van der Waals surface area contributed by atoms with Crippen LogP contribution >= 0.6 is 11.8 Å².